The highest BCUT2D eigenvalue weighted by atomic mass is 79.9. The van der Waals surface area contributed by atoms with Crippen LogP contribution in [0.15, 0.2) is 28.2 Å². The fourth-order valence-corrected chi connectivity index (χ4v) is 1.80. The minimum Gasteiger partial charge on any atom is -0.379 e. The largest absolute Gasteiger partial charge is 0.379 e. The maximum absolute atomic E-state index is 5.98. The summed E-state index contributed by atoms with van der Waals surface area (Å²) in [4.78, 5) is 0. The van der Waals surface area contributed by atoms with Crippen molar-refractivity contribution in [3.05, 3.63) is 38.8 Å². The van der Waals surface area contributed by atoms with Gasteiger partial charge in [-0.15, -0.1) is 0 Å². The van der Waals surface area contributed by atoms with Gasteiger partial charge < -0.3 is 5.32 Å². The highest BCUT2D eigenvalue weighted by Gasteiger charge is 2.03. The molecule has 0 bridgehead atoms. The zero-order valence-corrected chi connectivity index (χ0v) is 10.8. The molecule has 1 aromatic rings. The second-order valence-corrected chi connectivity index (χ2v) is 4.75. The molecule has 0 aliphatic rings. The Morgan fingerprint density at radius 1 is 1.57 bits per heavy atom. The second-order valence-electron chi connectivity index (χ2n) is 2.95. The van der Waals surface area contributed by atoms with Crippen LogP contribution >= 0.6 is 39.1 Å². The summed E-state index contributed by atoms with van der Waals surface area (Å²) in [5.41, 5.74) is 1.95. The molecule has 0 amide bonds. The molecule has 1 rings (SSSR count). The first-order valence-corrected chi connectivity index (χ1v) is 5.58. The fraction of sp³-hybridized carbons (Fsp3) is 0.200. The average molecular weight is 295 g/mol. The Hall–Kier alpha value is -0.180. The molecule has 1 N–H and O–H groups in total. The fourth-order valence-electron chi connectivity index (χ4n) is 0.973. The van der Waals surface area contributed by atoms with E-state index in [2.05, 4.69) is 27.8 Å². The molecule has 0 aliphatic carbocycles. The van der Waals surface area contributed by atoms with E-state index in [1.165, 1.54) is 0 Å². The number of benzene rings is 1. The Morgan fingerprint density at radius 3 is 2.79 bits per heavy atom. The average Bonchev–Trinajstić information content (AvgIpc) is 2.09. The first-order chi connectivity index (χ1) is 6.50. The third-order valence-electron chi connectivity index (χ3n) is 1.72. The molecule has 0 spiro atoms. The smallest absolute Gasteiger partial charge is 0.0502 e. The molecule has 76 valence electrons. The molecule has 0 aliphatic heterocycles. The molecule has 14 heavy (non-hydrogen) atoms. The topological polar surface area (TPSA) is 12.0 Å². The first kappa shape index (κ1) is 11.9. The van der Waals surface area contributed by atoms with Crippen molar-refractivity contribution in [2.45, 2.75) is 6.92 Å². The Labute approximate surface area is 102 Å². The summed E-state index contributed by atoms with van der Waals surface area (Å²) in [7, 11) is 0. The van der Waals surface area contributed by atoms with Gasteiger partial charge in [-0.2, -0.15) is 0 Å². The second kappa shape index (κ2) is 5.06. The van der Waals surface area contributed by atoms with Gasteiger partial charge in [0, 0.05) is 14.5 Å². The van der Waals surface area contributed by atoms with Gasteiger partial charge in [-0.3, -0.25) is 0 Å². The van der Waals surface area contributed by atoms with Crippen molar-refractivity contribution in [3.8, 4) is 0 Å². The maximum atomic E-state index is 5.98. The van der Waals surface area contributed by atoms with Gasteiger partial charge in [0.25, 0.3) is 0 Å². The third kappa shape index (κ3) is 3.19. The predicted octanol–water partition coefficient (Wildman–Crippen LogP) is 4.58. The van der Waals surface area contributed by atoms with E-state index < -0.39 is 0 Å². The lowest BCUT2D eigenvalue weighted by Crippen LogP contribution is -2.01. The Morgan fingerprint density at radius 2 is 2.21 bits per heavy atom. The van der Waals surface area contributed by atoms with E-state index in [1.54, 1.807) is 0 Å². The molecule has 1 nitrogen and oxygen atoms in total. The zero-order chi connectivity index (χ0) is 10.7. The Balaban J connectivity index is 2.87. The van der Waals surface area contributed by atoms with E-state index in [9.17, 15) is 0 Å². The zero-order valence-electron chi connectivity index (χ0n) is 7.70. The molecule has 0 saturated carbocycles. The van der Waals surface area contributed by atoms with Crippen LogP contribution in [0.1, 0.15) is 5.56 Å². The van der Waals surface area contributed by atoms with Crippen LogP contribution in [-0.2, 0) is 0 Å². The van der Waals surface area contributed by atoms with Crippen LogP contribution in [0.3, 0.4) is 0 Å². The number of anilines is 1. The Bertz CT molecular complexity index is 363. The van der Waals surface area contributed by atoms with E-state index in [-0.39, 0.29) is 0 Å². The summed E-state index contributed by atoms with van der Waals surface area (Å²) in [6.45, 7) is 6.08. The Kier molecular flexibility index (Phi) is 4.30. The molecular formula is C10H10BrCl2N. The van der Waals surface area contributed by atoms with Gasteiger partial charge >= 0.3 is 0 Å². The van der Waals surface area contributed by atoms with Crippen molar-refractivity contribution >= 4 is 44.8 Å². The van der Waals surface area contributed by atoms with Gasteiger partial charge in [0.2, 0.25) is 0 Å². The SMILES string of the molecule is C=C(Cl)CNc1cc(Cl)c(C)cc1Br. The summed E-state index contributed by atoms with van der Waals surface area (Å²) < 4.78 is 0.970. The number of halogens is 3. The van der Waals surface area contributed by atoms with Crippen molar-refractivity contribution in [2.24, 2.45) is 0 Å². The van der Waals surface area contributed by atoms with Crippen molar-refractivity contribution in [2.75, 3.05) is 11.9 Å². The number of nitrogens with one attached hydrogen (secondary N) is 1. The minimum absolute atomic E-state index is 0.527. The van der Waals surface area contributed by atoms with Gasteiger partial charge in [0.05, 0.1) is 12.2 Å². The lowest BCUT2D eigenvalue weighted by atomic mass is 10.2. The minimum atomic E-state index is 0.527. The highest BCUT2D eigenvalue weighted by Crippen LogP contribution is 2.29. The normalized spacial score (nSPS) is 10.0. The van der Waals surface area contributed by atoms with Crippen LogP contribution in [0, 0.1) is 6.92 Å². The number of aryl methyl sites for hydroxylation is 1. The van der Waals surface area contributed by atoms with Crippen LogP contribution < -0.4 is 5.32 Å². The van der Waals surface area contributed by atoms with Gasteiger partial charge in [0.1, 0.15) is 0 Å². The number of rotatable bonds is 3. The van der Waals surface area contributed by atoms with E-state index in [4.69, 9.17) is 23.2 Å². The summed E-state index contributed by atoms with van der Waals surface area (Å²) in [6, 6.07) is 3.82. The quantitative estimate of drug-likeness (QED) is 0.861. The maximum Gasteiger partial charge on any atom is 0.0502 e. The van der Waals surface area contributed by atoms with Crippen molar-refractivity contribution in [3.63, 3.8) is 0 Å². The van der Waals surface area contributed by atoms with Crippen LogP contribution in [0.2, 0.25) is 5.02 Å². The van der Waals surface area contributed by atoms with Crippen LogP contribution in [-0.4, -0.2) is 6.54 Å². The van der Waals surface area contributed by atoms with Crippen molar-refractivity contribution in [1.82, 2.24) is 0 Å². The molecule has 0 radical (unpaired) electrons. The molecule has 1 aromatic carbocycles. The van der Waals surface area contributed by atoms with Gasteiger partial charge in [0.15, 0.2) is 0 Å². The van der Waals surface area contributed by atoms with Gasteiger partial charge in [-0.25, -0.2) is 0 Å². The predicted molar refractivity (Wildman–Crippen MR) is 67.4 cm³/mol. The molecule has 0 fully saturated rings. The summed E-state index contributed by atoms with van der Waals surface area (Å²) in [6.07, 6.45) is 0. The first-order valence-electron chi connectivity index (χ1n) is 4.03. The lowest BCUT2D eigenvalue weighted by molar-refractivity contribution is 1.30. The summed E-state index contributed by atoms with van der Waals surface area (Å²) in [5.74, 6) is 0. The monoisotopic (exact) mass is 293 g/mol. The summed E-state index contributed by atoms with van der Waals surface area (Å²) in [5, 5.41) is 4.41. The molecule has 0 heterocycles. The van der Waals surface area contributed by atoms with E-state index in [1.807, 2.05) is 19.1 Å². The van der Waals surface area contributed by atoms with Crippen molar-refractivity contribution in [1.29, 1.82) is 0 Å². The van der Waals surface area contributed by atoms with E-state index in [0.29, 0.717) is 11.6 Å². The van der Waals surface area contributed by atoms with E-state index in [0.717, 1.165) is 20.7 Å². The molecule has 4 heteroatoms. The van der Waals surface area contributed by atoms with E-state index >= 15 is 0 Å². The lowest BCUT2D eigenvalue weighted by Gasteiger charge is -2.09. The number of hydrogen-bond acceptors (Lipinski definition) is 1. The molecular weight excluding hydrogens is 285 g/mol. The standard InChI is InChI=1S/C10H10BrCl2N/c1-6-3-8(11)10(4-9(6)13)14-5-7(2)12/h3-4,14H,2,5H2,1H3. The highest BCUT2D eigenvalue weighted by molar-refractivity contribution is 9.10. The summed E-state index contributed by atoms with van der Waals surface area (Å²) >= 11 is 15.1. The number of hydrogen-bond donors (Lipinski definition) is 1. The van der Waals surface area contributed by atoms with Crippen LogP contribution in [0.4, 0.5) is 5.69 Å². The van der Waals surface area contributed by atoms with Gasteiger partial charge in [-0.1, -0.05) is 29.8 Å². The van der Waals surface area contributed by atoms with Crippen LogP contribution in [0.5, 0.6) is 0 Å². The molecule has 0 unspecified atom stereocenters. The molecule has 0 saturated heterocycles. The molecule has 0 atom stereocenters. The van der Waals surface area contributed by atoms with Gasteiger partial charge in [-0.05, 0) is 40.5 Å². The van der Waals surface area contributed by atoms with Crippen LogP contribution in [0.25, 0.3) is 0 Å². The third-order valence-corrected chi connectivity index (χ3v) is 2.92. The molecule has 0 aromatic heterocycles. The van der Waals surface area contributed by atoms with Crippen molar-refractivity contribution < 1.29 is 0 Å².